The Balaban J connectivity index is 1.76. The Labute approximate surface area is 154 Å². The zero-order valence-electron chi connectivity index (χ0n) is 14.5. The molecule has 1 aromatic heterocycles. The maximum Gasteiger partial charge on any atom is 0.257 e. The summed E-state index contributed by atoms with van der Waals surface area (Å²) in [6.45, 7) is 0. The number of carbonyl (C=O) groups is 1. The first kappa shape index (κ1) is 17.7. The summed E-state index contributed by atoms with van der Waals surface area (Å²) in [6, 6.07) is 12.2. The minimum absolute atomic E-state index is 0.261. The Bertz CT molecular complexity index is 909. The first-order chi connectivity index (χ1) is 12.6. The number of anilines is 1. The summed E-state index contributed by atoms with van der Waals surface area (Å²) >= 11 is 1.11. The molecule has 0 aliphatic heterocycles. The number of rotatable bonds is 6. The Morgan fingerprint density at radius 1 is 0.962 bits per heavy atom. The lowest BCUT2D eigenvalue weighted by Crippen LogP contribution is -2.11. The molecule has 0 saturated heterocycles. The van der Waals surface area contributed by atoms with Crippen molar-refractivity contribution in [1.82, 2.24) is 9.36 Å². The van der Waals surface area contributed by atoms with E-state index in [9.17, 15) is 4.79 Å². The van der Waals surface area contributed by atoms with Gasteiger partial charge in [-0.2, -0.15) is 9.36 Å². The molecule has 0 spiro atoms. The van der Waals surface area contributed by atoms with Crippen LogP contribution in [0.3, 0.4) is 0 Å². The molecule has 0 bridgehead atoms. The molecule has 2 aromatic carbocycles. The van der Waals surface area contributed by atoms with Crippen molar-refractivity contribution in [3.05, 3.63) is 48.0 Å². The molecule has 1 N–H and O–H groups in total. The second kappa shape index (κ2) is 7.83. The molecule has 8 heteroatoms. The average Bonchev–Trinajstić information content (AvgIpc) is 3.15. The number of methoxy groups -OCH3 is 3. The van der Waals surface area contributed by atoms with Crippen LogP contribution in [0.1, 0.15) is 10.4 Å². The number of carbonyl (C=O) groups excluding carboxylic acids is 1. The fourth-order valence-corrected chi connectivity index (χ4v) is 2.86. The molecule has 0 unspecified atom stereocenters. The Hall–Kier alpha value is -3.13. The molecule has 7 nitrogen and oxygen atoms in total. The standard InChI is InChI=1S/C18H17N3O4S/c1-23-13-7-4-11(5-8-13)17(22)20-18-19-16(21-26-18)12-6-9-14(24-2)15(10-12)25-3/h4-10H,1-3H3,(H,19,20,21,22). The topological polar surface area (TPSA) is 82.6 Å². The highest BCUT2D eigenvalue weighted by Crippen LogP contribution is 2.32. The van der Waals surface area contributed by atoms with Gasteiger partial charge in [-0.05, 0) is 42.5 Å². The van der Waals surface area contributed by atoms with E-state index < -0.39 is 0 Å². The molecular formula is C18H17N3O4S. The van der Waals surface area contributed by atoms with E-state index in [2.05, 4.69) is 14.7 Å². The van der Waals surface area contributed by atoms with E-state index in [1.165, 1.54) is 0 Å². The van der Waals surface area contributed by atoms with E-state index in [0.29, 0.717) is 33.8 Å². The molecule has 134 valence electrons. The summed E-state index contributed by atoms with van der Waals surface area (Å²) in [7, 11) is 4.72. The van der Waals surface area contributed by atoms with E-state index in [-0.39, 0.29) is 5.91 Å². The van der Waals surface area contributed by atoms with Crippen molar-refractivity contribution < 1.29 is 19.0 Å². The Morgan fingerprint density at radius 2 is 1.69 bits per heavy atom. The predicted octanol–water partition coefficient (Wildman–Crippen LogP) is 3.48. The molecule has 3 rings (SSSR count). The zero-order chi connectivity index (χ0) is 18.5. The van der Waals surface area contributed by atoms with Crippen molar-refractivity contribution in [1.29, 1.82) is 0 Å². The SMILES string of the molecule is COc1ccc(C(=O)Nc2nc(-c3ccc(OC)c(OC)c3)ns2)cc1. The van der Waals surface area contributed by atoms with Crippen LogP contribution in [-0.4, -0.2) is 36.6 Å². The number of hydrogen-bond donors (Lipinski definition) is 1. The van der Waals surface area contributed by atoms with Gasteiger partial charge in [-0.25, -0.2) is 0 Å². The third-order valence-corrected chi connectivity index (χ3v) is 4.27. The van der Waals surface area contributed by atoms with Crippen molar-refractivity contribution >= 4 is 22.6 Å². The minimum Gasteiger partial charge on any atom is -0.497 e. The van der Waals surface area contributed by atoms with Crippen molar-refractivity contribution in [2.45, 2.75) is 0 Å². The van der Waals surface area contributed by atoms with Gasteiger partial charge in [0.05, 0.1) is 21.3 Å². The fourth-order valence-electron chi connectivity index (χ4n) is 2.28. The highest BCUT2D eigenvalue weighted by Gasteiger charge is 2.13. The third kappa shape index (κ3) is 3.75. The summed E-state index contributed by atoms with van der Waals surface area (Å²) in [6.07, 6.45) is 0. The summed E-state index contributed by atoms with van der Waals surface area (Å²) < 4.78 is 19.9. The van der Waals surface area contributed by atoms with Crippen LogP contribution in [0.15, 0.2) is 42.5 Å². The number of amides is 1. The van der Waals surface area contributed by atoms with E-state index in [0.717, 1.165) is 17.1 Å². The number of hydrogen-bond acceptors (Lipinski definition) is 7. The van der Waals surface area contributed by atoms with E-state index in [1.54, 1.807) is 57.7 Å². The maximum absolute atomic E-state index is 12.3. The largest absolute Gasteiger partial charge is 0.497 e. The highest BCUT2D eigenvalue weighted by atomic mass is 32.1. The summed E-state index contributed by atoms with van der Waals surface area (Å²) in [5.74, 6) is 2.14. The van der Waals surface area contributed by atoms with Crippen molar-refractivity contribution in [3.63, 3.8) is 0 Å². The summed E-state index contributed by atoms with van der Waals surface area (Å²) in [5, 5.41) is 3.16. The van der Waals surface area contributed by atoms with Crippen LogP contribution in [0.25, 0.3) is 11.4 Å². The summed E-state index contributed by atoms with van der Waals surface area (Å²) in [4.78, 5) is 16.7. The molecule has 0 radical (unpaired) electrons. The molecule has 1 amide bonds. The second-order valence-corrected chi connectivity index (χ2v) is 5.93. The molecule has 0 aliphatic rings. The smallest absolute Gasteiger partial charge is 0.257 e. The molecule has 26 heavy (non-hydrogen) atoms. The number of ether oxygens (including phenoxy) is 3. The highest BCUT2D eigenvalue weighted by molar-refractivity contribution is 7.10. The van der Waals surface area contributed by atoms with Gasteiger partial charge < -0.3 is 14.2 Å². The molecular weight excluding hydrogens is 354 g/mol. The number of nitrogens with zero attached hydrogens (tertiary/aromatic N) is 2. The van der Waals surface area contributed by atoms with Crippen LogP contribution < -0.4 is 19.5 Å². The lowest BCUT2D eigenvalue weighted by atomic mass is 10.2. The molecule has 0 saturated carbocycles. The van der Waals surface area contributed by atoms with E-state index >= 15 is 0 Å². The van der Waals surface area contributed by atoms with Gasteiger partial charge in [-0.1, -0.05) is 0 Å². The zero-order valence-corrected chi connectivity index (χ0v) is 15.3. The van der Waals surface area contributed by atoms with Gasteiger partial charge in [0, 0.05) is 22.7 Å². The Morgan fingerprint density at radius 3 is 2.35 bits per heavy atom. The van der Waals surface area contributed by atoms with Crippen molar-refractivity contribution in [2.24, 2.45) is 0 Å². The first-order valence-corrected chi connectivity index (χ1v) is 8.43. The Kier molecular flexibility index (Phi) is 5.33. The van der Waals surface area contributed by atoms with E-state index in [1.807, 2.05) is 6.07 Å². The number of nitrogens with one attached hydrogen (secondary N) is 1. The quantitative estimate of drug-likeness (QED) is 0.714. The van der Waals surface area contributed by atoms with Crippen LogP contribution in [-0.2, 0) is 0 Å². The third-order valence-electron chi connectivity index (χ3n) is 3.64. The maximum atomic E-state index is 12.3. The van der Waals surface area contributed by atoms with Gasteiger partial charge in [-0.15, -0.1) is 0 Å². The second-order valence-electron chi connectivity index (χ2n) is 5.18. The molecule has 0 fully saturated rings. The van der Waals surface area contributed by atoms with Gasteiger partial charge in [-0.3, -0.25) is 10.1 Å². The van der Waals surface area contributed by atoms with Crippen LogP contribution in [0, 0.1) is 0 Å². The number of benzene rings is 2. The van der Waals surface area contributed by atoms with Gasteiger partial charge in [0.2, 0.25) is 5.13 Å². The van der Waals surface area contributed by atoms with Gasteiger partial charge in [0.25, 0.3) is 5.91 Å². The number of aromatic nitrogens is 2. The normalized spacial score (nSPS) is 10.3. The van der Waals surface area contributed by atoms with Crippen LogP contribution in [0.2, 0.25) is 0 Å². The van der Waals surface area contributed by atoms with Gasteiger partial charge >= 0.3 is 0 Å². The van der Waals surface area contributed by atoms with Crippen LogP contribution in [0.4, 0.5) is 5.13 Å². The van der Waals surface area contributed by atoms with E-state index in [4.69, 9.17) is 14.2 Å². The van der Waals surface area contributed by atoms with Gasteiger partial charge in [0.15, 0.2) is 17.3 Å². The molecule has 0 aliphatic carbocycles. The van der Waals surface area contributed by atoms with Crippen molar-refractivity contribution in [2.75, 3.05) is 26.6 Å². The molecule has 1 heterocycles. The minimum atomic E-state index is -0.261. The lowest BCUT2D eigenvalue weighted by molar-refractivity contribution is 0.102. The first-order valence-electron chi connectivity index (χ1n) is 7.66. The van der Waals surface area contributed by atoms with Gasteiger partial charge in [0.1, 0.15) is 5.75 Å². The van der Waals surface area contributed by atoms with Crippen molar-refractivity contribution in [3.8, 4) is 28.6 Å². The van der Waals surface area contributed by atoms with Crippen LogP contribution >= 0.6 is 11.5 Å². The predicted molar refractivity (Wildman–Crippen MR) is 99.4 cm³/mol. The summed E-state index contributed by atoms with van der Waals surface area (Å²) in [5.41, 5.74) is 1.28. The monoisotopic (exact) mass is 371 g/mol. The van der Waals surface area contributed by atoms with Crippen LogP contribution in [0.5, 0.6) is 17.2 Å². The lowest BCUT2D eigenvalue weighted by Gasteiger charge is -2.07. The molecule has 0 atom stereocenters. The average molecular weight is 371 g/mol. The fraction of sp³-hybridized carbons (Fsp3) is 0.167. The molecule has 3 aromatic rings.